The Morgan fingerprint density at radius 2 is 1.88 bits per heavy atom. The minimum absolute atomic E-state index is 0.107. The molecule has 132 valence electrons. The van der Waals surface area contributed by atoms with Crippen LogP contribution in [0.3, 0.4) is 0 Å². The number of para-hydroxylation sites is 2. The van der Waals surface area contributed by atoms with E-state index in [1.807, 2.05) is 42.3 Å². The highest BCUT2D eigenvalue weighted by atomic mass is 16.5. The van der Waals surface area contributed by atoms with Gasteiger partial charge in [0.15, 0.2) is 0 Å². The molecule has 3 heterocycles. The molecule has 0 bridgehead atoms. The Morgan fingerprint density at radius 3 is 2.65 bits per heavy atom. The zero-order chi connectivity index (χ0) is 18.1. The summed E-state index contributed by atoms with van der Waals surface area (Å²) in [5.41, 5.74) is 5.62. The molecule has 2 aromatic heterocycles. The van der Waals surface area contributed by atoms with Crippen LogP contribution in [0.2, 0.25) is 0 Å². The zero-order valence-electron chi connectivity index (χ0n) is 14.9. The van der Waals surface area contributed by atoms with Crippen molar-refractivity contribution in [3.8, 4) is 5.88 Å². The van der Waals surface area contributed by atoms with Gasteiger partial charge in [0, 0.05) is 37.8 Å². The van der Waals surface area contributed by atoms with Gasteiger partial charge in [-0.15, -0.1) is 0 Å². The number of fused-ring (bicyclic) bond motifs is 2. The van der Waals surface area contributed by atoms with Crippen LogP contribution in [0.25, 0.3) is 11.0 Å². The second-order valence-electron chi connectivity index (χ2n) is 6.51. The zero-order valence-corrected chi connectivity index (χ0v) is 14.9. The Balaban J connectivity index is 1.47. The Bertz CT molecular complexity index is 987. The van der Waals surface area contributed by atoms with Gasteiger partial charge in [-0.2, -0.15) is 0 Å². The largest absolute Gasteiger partial charge is 0.480 e. The van der Waals surface area contributed by atoms with Gasteiger partial charge in [-0.3, -0.25) is 9.78 Å². The standard InChI is InChI=1S/C20H20N4O2/c1-13-9-14-11-24(12-15(14)10-21-13)19(25)8-7-18-20(26-2)23-17-6-4-3-5-16(17)22-18/h3-6,9-10H,7-8,11-12H2,1-2H3. The number of carbonyl (C=O) groups is 1. The van der Waals surface area contributed by atoms with E-state index in [1.165, 1.54) is 5.56 Å². The number of nitrogens with zero attached hydrogens (tertiary/aromatic N) is 4. The maximum atomic E-state index is 12.7. The monoisotopic (exact) mass is 348 g/mol. The molecule has 0 aliphatic carbocycles. The number of hydrogen-bond donors (Lipinski definition) is 0. The number of pyridine rings is 1. The molecule has 26 heavy (non-hydrogen) atoms. The van der Waals surface area contributed by atoms with Crippen LogP contribution < -0.4 is 4.74 Å². The SMILES string of the molecule is COc1nc2ccccc2nc1CCC(=O)N1Cc2cnc(C)cc2C1. The lowest BCUT2D eigenvalue weighted by Crippen LogP contribution is -2.25. The molecular formula is C20H20N4O2. The van der Waals surface area contributed by atoms with E-state index in [1.54, 1.807) is 7.11 Å². The van der Waals surface area contributed by atoms with Crippen molar-refractivity contribution in [1.82, 2.24) is 19.9 Å². The Morgan fingerprint density at radius 1 is 1.15 bits per heavy atom. The molecule has 0 N–H and O–H groups in total. The number of rotatable bonds is 4. The van der Waals surface area contributed by atoms with Crippen LogP contribution in [0.4, 0.5) is 0 Å². The predicted octanol–water partition coefficient (Wildman–Crippen LogP) is 2.82. The predicted molar refractivity (Wildman–Crippen MR) is 97.6 cm³/mol. The molecule has 4 rings (SSSR count). The van der Waals surface area contributed by atoms with Gasteiger partial charge in [0.2, 0.25) is 11.8 Å². The lowest BCUT2D eigenvalue weighted by molar-refractivity contribution is -0.131. The normalized spacial score (nSPS) is 13.1. The van der Waals surface area contributed by atoms with Crippen LogP contribution in [0, 0.1) is 6.92 Å². The highest BCUT2D eigenvalue weighted by Gasteiger charge is 2.24. The van der Waals surface area contributed by atoms with E-state index in [0.717, 1.165) is 22.3 Å². The maximum Gasteiger partial charge on any atom is 0.235 e. The number of ether oxygens (including phenoxy) is 1. The number of amides is 1. The van der Waals surface area contributed by atoms with E-state index in [2.05, 4.69) is 21.0 Å². The summed E-state index contributed by atoms with van der Waals surface area (Å²) >= 11 is 0. The summed E-state index contributed by atoms with van der Waals surface area (Å²) in [5, 5.41) is 0. The average molecular weight is 348 g/mol. The third-order valence-corrected chi connectivity index (χ3v) is 4.67. The molecule has 3 aromatic rings. The summed E-state index contributed by atoms with van der Waals surface area (Å²) in [6.07, 6.45) is 2.75. The van der Waals surface area contributed by atoms with Gasteiger partial charge in [-0.05, 0) is 36.2 Å². The van der Waals surface area contributed by atoms with Gasteiger partial charge in [0.05, 0.1) is 18.1 Å². The quantitative estimate of drug-likeness (QED) is 0.725. The Kier molecular flexibility index (Phi) is 4.24. The van der Waals surface area contributed by atoms with Crippen molar-refractivity contribution in [1.29, 1.82) is 0 Å². The van der Waals surface area contributed by atoms with E-state index in [4.69, 9.17) is 4.74 Å². The van der Waals surface area contributed by atoms with E-state index < -0.39 is 0 Å². The molecule has 0 radical (unpaired) electrons. The lowest BCUT2D eigenvalue weighted by atomic mass is 10.2. The summed E-state index contributed by atoms with van der Waals surface area (Å²) in [7, 11) is 1.58. The lowest BCUT2D eigenvalue weighted by Gasteiger charge is -2.15. The molecule has 0 unspecified atom stereocenters. The van der Waals surface area contributed by atoms with Crippen LogP contribution in [0.15, 0.2) is 36.5 Å². The molecule has 6 nitrogen and oxygen atoms in total. The number of aromatic nitrogens is 3. The van der Waals surface area contributed by atoms with Crippen molar-refractivity contribution < 1.29 is 9.53 Å². The van der Waals surface area contributed by atoms with Crippen molar-refractivity contribution in [2.24, 2.45) is 0 Å². The molecule has 1 aromatic carbocycles. The van der Waals surface area contributed by atoms with Crippen molar-refractivity contribution in [2.75, 3.05) is 7.11 Å². The van der Waals surface area contributed by atoms with E-state index in [9.17, 15) is 4.79 Å². The highest BCUT2D eigenvalue weighted by Crippen LogP contribution is 2.24. The summed E-state index contributed by atoms with van der Waals surface area (Å²) < 4.78 is 5.37. The second-order valence-corrected chi connectivity index (χ2v) is 6.51. The van der Waals surface area contributed by atoms with E-state index in [-0.39, 0.29) is 5.91 Å². The van der Waals surface area contributed by atoms with Gasteiger partial charge in [-0.25, -0.2) is 9.97 Å². The first-order chi connectivity index (χ1) is 12.6. The maximum absolute atomic E-state index is 12.7. The van der Waals surface area contributed by atoms with Crippen LogP contribution >= 0.6 is 0 Å². The summed E-state index contributed by atoms with van der Waals surface area (Å²) in [4.78, 5) is 28.0. The van der Waals surface area contributed by atoms with Crippen molar-refractivity contribution in [3.05, 3.63) is 59.0 Å². The first-order valence-corrected chi connectivity index (χ1v) is 8.66. The van der Waals surface area contributed by atoms with Gasteiger partial charge in [0.1, 0.15) is 5.69 Å². The summed E-state index contributed by atoms with van der Waals surface area (Å²) in [5.74, 6) is 0.594. The first kappa shape index (κ1) is 16.4. The number of hydrogen-bond acceptors (Lipinski definition) is 5. The van der Waals surface area contributed by atoms with Gasteiger partial charge in [-0.1, -0.05) is 12.1 Å². The van der Waals surface area contributed by atoms with Gasteiger partial charge < -0.3 is 9.64 Å². The van der Waals surface area contributed by atoms with Crippen LogP contribution in [0.5, 0.6) is 5.88 Å². The molecular weight excluding hydrogens is 328 g/mol. The molecule has 0 saturated heterocycles. The fraction of sp³-hybridized carbons (Fsp3) is 0.300. The van der Waals surface area contributed by atoms with Crippen LogP contribution in [0.1, 0.15) is 28.9 Å². The molecule has 1 aliphatic rings. The minimum Gasteiger partial charge on any atom is -0.480 e. The van der Waals surface area contributed by atoms with Crippen LogP contribution in [-0.4, -0.2) is 32.9 Å². The third kappa shape index (κ3) is 3.10. The molecule has 0 saturated carbocycles. The Labute approximate surface area is 151 Å². The molecule has 0 spiro atoms. The number of aryl methyl sites for hydroxylation is 2. The topological polar surface area (TPSA) is 68.2 Å². The fourth-order valence-electron chi connectivity index (χ4n) is 3.31. The van der Waals surface area contributed by atoms with E-state index in [0.29, 0.717) is 37.5 Å². The van der Waals surface area contributed by atoms with Crippen LogP contribution in [-0.2, 0) is 24.3 Å². The third-order valence-electron chi connectivity index (χ3n) is 4.67. The first-order valence-electron chi connectivity index (χ1n) is 8.66. The molecule has 0 atom stereocenters. The smallest absolute Gasteiger partial charge is 0.235 e. The number of methoxy groups -OCH3 is 1. The van der Waals surface area contributed by atoms with Gasteiger partial charge >= 0.3 is 0 Å². The Hall–Kier alpha value is -3.02. The molecule has 6 heteroatoms. The summed E-state index contributed by atoms with van der Waals surface area (Å²) in [6, 6.07) is 9.72. The van der Waals surface area contributed by atoms with Gasteiger partial charge in [0.25, 0.3) is 0 Å². The average Bonchev–Trinajstić information content (AvgIpc) is 3.08. The molecule has 1 aliphatic heterocycles. The number of benzene rings is 1. The van der Waals surface area contributed by atoms with Crippen molar-refractivity contribution >= 4 is 16.9 Å². The summed E-state index contributed by atoms with van der Waals surface area (Å²) in [6.45, 7) is 3.25. The molecule has 1 amide bonds. The fourth-order valence-corrected chi connectivity index (χ4v) is 3.31. The molecule has 0 fully saturated rings. The number of carbonyl (C=O) groups excluding carboxylic acids is 1. The highest BCUT2D eigenvalue weighted by molar-refractivity contribution is 5.78. The van der Waals surface area contributed by atoms with Crippen molar-refractivity contribution in [3.63, 3.8) is 0 Å². The van der Waals surface area contributed by atoms with E-state index >= 15 is 0 Å². The second kappa shape index (κ2) is 6.71. The minimum atomic E-state index is 0.107. The van der Waals surface area contributed by atoms with Crippen molar-refractivity contribution in [2.45, 2.75) is 32.9 Å².